The van der Waals surface area contributed by atoms with E-state index < -0.39 is 5.66 Å². The van der Waals surface area contributed by atoms with Crippen LogP contribution in [0, 0.1) is 0 Å². The summed E-state index contributed by atoms with van der Waals surface area (Å²) in [6, 6.07) is 13.8. The van der Waals surface area contributed by atoms with Crippen molar-refractivity contribution in [2.24, 2.45) is 5.73 Å². The monoisotopic (exact) mass is 457 g/mol. The van der Waals surface area contributed by atoms with E-state index in [9.17, 15) is 4.79 Å². The summed E-state index contributed by atoms with van der Waals surface area (Å²) in [4.78, 5) is 15.6. The van der Waals surface area contributed by atoms with Crippen LogP contribution in [-0.2, 0) is 0 Å². The van der Waals surface area contributed by atoms with E-state index in [0.717, 1.165) is 42.0 Å². The van der Waals surface area contributed by atoms with Crippen molar-refractivity contribution in [3.63, 3.8) is 0 Å². The highest BCUT2D eigenvalue weighted by Gasteiger charge is 2.46. The Kier molecular flexibility index (Phi) is 10.3. The van der Waals surface area contributed by atoms with Gasteiger partial charge in [0.2, 0.25) is 0 Å². The maximum atomic E-state index is 13.6. The van der Waals surface area contributed by atoms with E-state index in [1.165, 1.54) is 0 Å². The van der Waals surface area contributed by atoms with Crippen molar-refractivity contribution < 1.29 is 4.79 Å². The Labute approximate surface area is 192 Å². The Morgan fingerprint density at radius 2 is 1.93 bits per heavy atom. The Hall–Kier alpha value is -0.980. The molecule has 1 aliphatic heterocycles. The summed E-state index contributed by atoms with van der Waals surface area (Å²) >= 11 is 4.83. The highest BCUT2D eigenvalue weighted by atomic mass is 35.5. The van der Waals surface area contributed by atoms with Gasteiger partial charge in [0.25, 0.3) is 5.91 Å². The molecule has 2 aromatic carbocycles. The maximum absolute atomic E-state index is 13.6. The molecule has 0 aliphatic carbocycles. The fourth-order valence-electron chi connectivity index (χ4n) is 4.21. The summed E-state index contributed by atoms with van der Waals surface area (Å²) in [6.45, 7) is 5.62. The molecule has 3 rings (SSSR count). The van der Waals surface area contributed by atoms with Crippen molar-refractivity contribution in [3.8, 4) is 0 Å². The van der Waals surface area contributed by atoms with E-state index >= 15 is 0 Å². The van der Waals surface area contributed by atoms with Gasteiger partial charge in [0.05, 0.1) is 11.7 Å². The third-order valence-corrected chi connectivity index (χ3v) is 6.33. The molecule has 1 fully saturated rings. The normalized spacial score (nSPS) is 22.5. The van der Waals surface area contributed by atoms with Gasteiger partial charge in [0, 0.05) is 23.9 Å². The molecule has 3 N–H and O–H groups in total. The number of carbonyl (C=O) groups is 1. The van der Waals surface area contributed by atoms with Gasteiger partial charge in [-0.2, -0.15) is 12.6 Å². The van der Waals surface area contributed by atoms with Crippen LogP contribution in [-0.4, -0.2) is 40.9 Å². The molecular formula is C22H33Cl2N3OS. The van der Waals surface area contributed by atoms with Gasteiger partial charge in [-0.05, 0) is 29.7 Å². The topological polar surface area (TPSA) is 58.4 Å². The van der Waals surface area contributed by atoms with Gasteiger partial charge >= 0.3 is 0 Å². The second-order valence-electron chi connectivity index (χ2n) is 7.52. The van der Waals surface area contributed by atoms with Crippen LogP contribution in [0.3, 0.4) is 0 Å². The SMILES string of the molecule is CCCCC1(N)NCCN(C(=O)c2cccc3ccccc23)C1C(S)CC.Cl.Cl. The molecule has 0 aromatic heterocycles. The van der Waals surface area contributed by atoms with Gasteiger partial charge in [-0.3, -0.25) is 10.1 Å². The number of halogens is 2. The lowest BCUT2D eigenvalue weighted by atomic mass is 9.87. The molecule has 7 heteroatoms. The number of hydrogen-bond donors (Lipinski definition) is 3. The molecule has 0 radical (unpaired) electrons. The quantitative estimate of drug-likeness (QED) is 0.553. The summed E-state index contributed by atoms with van der Waals surface area (Å²) in [5.41, 5.74) is 6.98. The largest absolute Gasteiger partial charge is 0.330 e. The molecule has 29 heavy (non-hydrogen) atoms. The summed E-state index contributed by atoms with van der Waals surface area (Å²) < 4.78 is 0. The zero-order chi connectivity index (χ0) is 19.4. The van der Waals surface area contributed by atoms with Gasteiger partial charge in [-0.1, -0.05) is 63.1 Å². The van der Waals surface area contributed by atoms with E-state index in [1.54, 1.807) is 0 Å². The third kappa shape index (κ3) is 5.39. The van der Waals surface area contributed by atoms with Gasteiger partial charge in [0.1, 0.15) is 0 Å². The van der Waals surface area contributed by atoms with Crippen molar-refractivity contribution >= 4 is 54.1 Å². The van der Waals surface area contributed by atoms with Gasteiger partial charge in [0.15, 0.2) is 0 Å². The Bertz CT molecular complexity index is 801. The molecular weight excluding hydrogens is 425 g/mol. The Balaban J connectivity index is 0.00000210. The Morgan fingerprint density at radius 3 is 2.62 bits per heavy atom. The molecule has 1 aliphatic rings. The van der Waals surface area contributed by atoms with Crippen LogP contribution in [0.1, 0.15) is 49.9 Å². The lowest BCUT2D eigenvalue weighted by molar-refractivity contribution is 0.0337. The first kappa shape index (κ1) is 26.1. The minimum Gasteiger partial charge on any atom is -0.330 e. The number of unbranched alkanes of at least 4 members (excludes halogenated alkanes) is 1. The second kappa shape index (κ2) is 11.4. The molecule has 2 aromatic rings. The minimum absolute atomic E-state index is 0. The van der Waals surface area contributed by atoms with Crippen LogP contribution < -0.4 is 11.1 Å². The number of piperazine rings is 1. The first-order chi connectivity index (χ1) is 13.0. The number of carbonyl (C=O) groups excluding carboxylic acids is 1. The summed E-state index contributed by atoms with van der Waals surface area (Å²) in [6.07, 6.45) is 3.80. The van der Waals surface area contributed by atoms with Crippen LogP contribution in [0.5, 0.6) is 0 Å². The standard InChI is InChI=1S/C22H31N3OS.2ClH/c1-3-5-13-22(23)20(19(27)4-2)25(15-14-24-22)21(26)18-12-8-10-16-9-6-7-11-17(16)18;;/h6-12,19-20,24,27H,3-5,13-15,23H2,1-2H3;2*1H. The van der Waals surface area contributed by atoms with Crippen molar-refractivity contribution in [1.29, 1.82) is 0 Å². The maximum Gasteiger partial charge on any atom is 0.254 e. The van der Waals surface area contributed by atoms with Gasteiger partial charge in [-0.25, -0.2) is 0 Å². The number of nitrogens with two attached hydrogens (primary N) is 1. The lowest BCUT2D eigenvalue weighted by Gasteiger charge is -2.51. The molecule has 0 spiro atoms. The van der Waals surface area contributed by atoms with Crippen LogP contribution in [0.4, 0.5) is 0 Å². The van der Waals surface area contributed by atoms with E-state index in [2.05, 4.69) is 19.2 Å². The van der Waals surface area contributed by atoms with Crippen molar-refractivity contribution in [3.05, 3.63) is 48.0 Å². The summed E-state index contributed by atoms with van der Waals surface area (Å²) in [5.74, 6) is 0.0529. The van der Waals surface area contributed by atoms with E-state index in [4.69, 9.17) is 18.4 Å². The van der Waals surface area contributed by atoms with E-state index in [-0.39, 0.29) is 42.0 Å². The summed E-state index contributed by atoms with van der Waals surface area (Å²) in [7, 11) is 0. The van der Waals surface area contributed by atoms with Crippen molar-refractivity contribution in [2.45, 2.75) is 56.5 Å². The van der Waals surface area contributed by atoms with Crippen LogP contribution >= 0.6 is 37.4 Å². The number of amides is 1. The van der Waals surface area contributed by atoms with Gasteiger partial charge in [-0.15, -0.1) is 24.8 Å². The predicted molar refractivity (Wildman–Crippen MR) is 131 cm³/mol. The Morgan fingerprint density at radius 1 is 1.24 bits per heavy atom. The van der Waals surface area contributed by atoms with Crippen molar-refractivity contribution in [1.82, 2.24) is 10.2 Å². The lowest BCUT2D eigenvalue weighted by Crippen LogP contribution is -2.74. The summed E-state index contributed by atoms with van der Waals surface area (Å²) in [5, 5.41) is 5.60. The molecule has 1 heterocycles. The zero-order valence-electron chi connectivity index (χ0n) is 17.1. The van der Waals surface area contributed by atoms with Crippen LogP contribution in [0.15, 0.2) is 42.5 Å². The predicted octanol–water partition coefficient (Wildman–Crippen LogP) is 4.65. The number of hydrogen-bond acceptors (Lipinski definition) is 4. The second-order valence-corrected chi connectivity index (χ2v) is 8.18. The van der Waals surface area contributed by atoms with Crippen LogP contribution in [0.2, 0.25) is 0 Å². The van der Waals surface area contributed by atoms with E-state index in [1.807, 2.05) is 47.4 Å². The number of nitrogens with zero attached hydrogens (tertiary/aromatic N) is 1. The zero-order valence-corrected chi connectivity index (χ0v) is 19.7. The van der Waals surface area contributed by atoms with E-state index in [0.29, 0.717) is 13.1 Å². The first-order valence-electron chi connectivity index (χ1n) is 10.0. The van der Waals surface area contributed by atoms with Crippen molar-refractivity contribution in [2.75, 3.05) is 13.1 Å². The molecule has 1 amide bonds. The first-order valence-corrected chi connectivity index (χ1v) is 10.5. The molecule has 1 saturated heterocycles. The number of fused-ring (bicyclic) bond motifs is 1. The molecule has 3 unspecified atom stereocenters. The highest BCUT2D eigenvalue weighted by Crippen LogP contribution is 2.30. The third-order valence-electron chi connectivity index (χ3n) is 5.68. The van der Waals surface area contributed by atoms with Gasteiger partial charge < -0.3 is 10.6 Å². The smallest absolute Gasteiger partial charge is 0.254 e. The number of thiol groups is 1. The highest BCUT2D eigenvalue weighted by molar-refractivity contribution is 7.81. The molecule has 3 atom stereocenters. The molecule has 0 saturated carbocycles. The number of rotatable bonds is 6. The average Bonchev–Trinajstić information content (AvgIpc) is 2.70. The minimum atomic E-state index is -0.600. The number of benzene rings is 2. The molecule has 0 bridgehead atoms. The average molecular weight is 458 g/mol. The fourth-order valence-corrected chi connectivity index (χ4v) is 4.63. The fraction of sp³-hybridized carbons (Fsp3) is 0.500. The molecule has 4 nitrogen and oxygen atoms in total. The number of nitrogens with one attached hydrogen (secondary N) is 1. The van der Waals surface area contributed by atoms with Crippen LogP contribution in [0.25, 0.3) is 10.8 Å². The molecule has 162 valence electrons.